The molecule has 118 valence electrons. The zero-order chi connectivity index (χ0) is 15.0. The molecule has 1 aliphatic rings. The molecule has 1 saturated heterocycles. The van der Waals surface area contributed by atoms with Crippen molar-refractivity contribution in [2.45, 2.75) is 12.0 Å². The highest BCUT2D eigenvalue weighted by Gasteiger charge is 2.28. The number of nitrogens with one attached hydrogen (secondary N) is 2. The summed E-state index contributed by atoms with van der Waals surface area (Å²) in [5.74, 6) is 0. The molecule has 0 bridgehead atoms. The molecular formula is C16H27N3O2. The fourth-order valence-corrected chi connectivity index (χ4v) is 2.47. The van der Waals surface area contributed by atoms with E-state index in [0.717, 1.165) is 26.1 Å². The summed E-state index contributed by atoms with van der Waals surface area (Å²) >= 11 is 0. The zero-order valence-electron chi connectivity index (χ0n) is 12.8. The number of anilines is 1. The second-order valence-corrected chi connectivity index (χ2v) is 5.74. The van der Waals surface area contributed by atoms with Crippen LogP contribution in [0.25, 0.3) is 0 Å². The number of β-amino-alcohol motifs (C(OH)–C–C–N with tert-alkyl or cyclic N) is 1. The van der Waals surface area contributed by atoms with Crippen LogP contribution in [0.1, 0.15) is 6.42 Å². The van der Waals surface area contributed by atoms with Crippen molar-refractivity contribution in [3.05, 3.63) is 30.3 Å². The van der Waals surface area contributed by atoms with Gasteiger partial charge in [0.2, 0.25) is 0 Å². The lowest BCUT2D eigenvalue weighted by molar-refractivity contribution is -0.0261. The quantitative estimate of drug-likeness (QED) is 0.638. The topological polar surface area (TPSA) is 56.8 Å². The SMILES string of the molecule is CN(CCCNCC1(O)CNCCOC1)c1ccccc1. The van der Waals surface area contributed by atoms with Gasteiger partial charge in [-0.2, -0.15) is 0 Å². The summed E-state index contributed by atoms with van der Waals surface area (Å²) in [5.41, 5.74) is 0.444. The Morgan fingerprint density at radius 2 is 2.19 bits per heavy atom. The Hall–Kier alpha value is -1.14. The van der Waals surface area contributed by atoms with E-state index in [1.165, 1.54) is 5.69 Å². The predicted octanol–water partition coefficient (Wildman–Crippen LogP) is 0.453. The first-order chi connectivity index (χ1) is 10.2. The number of benzene rings is 1. The lowest BCUT2D eigenvalue weighted by Crippen LogP contribution is -2.50. The second kappa shape index (κ2) is 8.34. The number of ether oxygens (including phenoxy) is 1. The third-order valence-corrected chi connectivity index (χ3v) is 3.75. The van der Waals surface area contributed by atoms with Crippen LogP contribution in [0.3, 0.4) is 0 Å². The van der Waals surface area contributed by atoms with Gasteiger partial charge in [0, 0.05) is 38.9 Å². The second-order valence-electron chi connectivity index (χ2n) is 5.74. The summed E-state index contributed by atoms with van der Waals surface area (Å²) in [5, 5.41) is 16.9. The molecule has 0 saturated carbocycles. The summed E-state index contributed by atoms with van der Waals surface area (Å²) in [7, 11) is 2.10. The molecule has 0 radical (unpaired) electrons. The van der Waals surface area contributed by atoms with Crippen molar-refractivity contribution >= 4 is 5.69 Å². The van der Waals surface area contributed by atoms with Crippen LogP contribution in [0.4, 0.5) is 5.69 Å². The standard InChI is InChI=1S/C16H27N3O2/c1-19(15-6-3-2-4-7-15)10-5-8-17-12-16(20)13-18-9-11-21-14-16/h2-4,6-7,17-18,20H,5,8-14H2,1H3. The smallest absolute Gasteiger partial charge is 0.113 e. The lowest BCUT2D eigenvalue weighted by Gasteiger charge is -2.26. The first-order valence-electron chi connectivity index (χ1n) is 7.67. The van der Waals surface area contributed by atoms with Gasteiger partial charge in [0.25, 0.3) is 0 Å². The molecular weight excluding hydrogens is 266 g/mol. The average molecular weight is 293 g/mol. The van der Waals surface area contributed by atoms with E-state index in [9.17, 15) is 5.11 Å². The highest BCUT2D eigenvalue weighted by Crippen LogP contribution is 2.10. The summed E-state index contributed by atoms with van der Waals surface area (Å²) in [6, 6.07) is 10.4. The molecule has 1 heterocycles. The van der Waals surface area contributed by atoms with Crippen molar-refractivity contribution < 1.29 is 9.84 Å². The highest BCUT2D eigenvalue weighted by atomic mass is 16.5. The number of hydrogen-bond donors (Lipinski definition) is 3. The number of nitrogens with zero attached hydrogens (tertiary/aromatic N) is 1. The van der Waals surface area contributed by atoms with Gasteiger partial charge in [0.1, 0.15) is 5.60 Å². The maximum atomic E-state index is 10.4. The molecule has 0 aromatic heterocycles. The molecule has 1 aromatic rings. The van der Waals surface area contributed by atoms with Crippen LogP contribution in [0.5, 0.6) is 0 Å². The Kier molecular flexibility index (Phi) is 6.45. The van der Waals surface area contributed by atoms with Gasteiger partial charge < -0.3 is 25.4 Å². The van der Waals surface area contributed by atoms with Crippen molar-refractivity contribution in [1.82, 2.24) is 10.6 Å². The maximum Gasteiger partial charge on any atom is 0.113 e. The van der Waals surface area contributed by atoms with Crippen LogP contribution in [0.15, 0.2) is 30.3 Å². The molecule has 5 heteroatoms. The average Bonchev–Trinajstić information content (AvgIpc) is 2.73. The van der Waals surface area contributed by atoms with Gasteiger partial charge in [0.05, 0.1) is 13.2 Å². The van der Waals surface area contributed by atoms with Gasteiger partial charge in [-0.1, -0.05) is 18.2 Å². The Morgan fingerprint density at radius 1 is 1.38 bits per heavy atom. The van der Waals surface area contributed by atoms with Crippen molar-refractivity contribution in [3.8, 4) is 0 Å². The largest absolute Gasteiger partial charge is 0.385 e. The molecule has 1 aromatic carbocycles. The van der Waals surface area contributed by atoms with Crippen LogP contribution in [-0.2, 0) is 4.74 Å². The summed E-state index contributed by atoms with van der Waals surface area (Å²) in [6.07, 6.45) is 1.04. The Bertz CT molecular complexity index is 392. The van der Waals surface area contributed by atoms with E-state index < -0.39 is 5.60 Å². The maximum absolute atomic E-state index is 10.4. The normalized spacial score (nSPS) is 22.8. The van der Waals surface area contributed by atoms with Crippen molar-refractivity contribution in [3.63, 3.8) is 0 Å². The Balaban J connectivity index is 1.61. The van der Waals surface area contributed by atoms with E-state index in [0.29, 0.717) is 26.3 Å². The number of rotatable bonds is 7. The van der Waals surface area contributed by atoms with E-state index in [1.54, 1.807) is 0 Å². The molecule has 1 fully saturated rings. The van der Waals surface area contributed by atoms with Crippen LogP contribution in [-0.4, -0.2) is 63.7 Å². The first kappa shape index (κ1) is 16.2. The van der Waals surface area contributed by atoms with E-state index >= 15 is 0 Å². The number of hydrogen-bond acceptors (Lipinski definition) is 5. The molecule has 2 rings (SSSR count). The van der Waals surface area contributed by atoms with E-state index in [4.69, 9.17) is 4.74 Å². The third kappa shape index (κ3) is 5.63. The van der Waals surface area contributed by atoms with Gasteiger partial charge in [-0.3, -0.25) is 0 Å². The predicted molar refractivity (Wildman–Crippen MR) is 85.8 cm³/mol. The minimum atomic E-state index is -0.790. The minimum Gasteiger partial charge on any atom is -0.385 e. The molecule has 1 atom stereocenters. The van der Waals surface area contributed by atoms with Crippen LogP contribution in [0, 0.1) is 0 Å². The minimum absolute atomic E-state index is 0.400. The highest BCUT2D eigenvalue weighted by molar-refractivity contribution is 5.44. The number of para-hydroxylation sites is 1. The fourth-order valence-electron chi connectivity index (χ4n) is 2.47. The van der Waals surface area contributed by atoms with Crippen LogP contribution < -0.4 is 15.5 Å². The summed E-state index contributed by atoms with van der Waals surface area (Å²) in [4.78, 5) is 2.24. The van der Waals surface area contributed by atoms with E-state index in [2.05, 4.69) is 46.8 Å². The number of aliphatic hydroxyl groups is 1. The first-order valence-corrected chi connectivity index (χ1v) is 7.67. The van der Waals surface area contributed by atoms with Gasteiger partial charge in [-0.05, 0) is 25.1 Å². The van der Waals surface area contributed by atoms with Crippen molar-refractivity contribution in [2.24, 2.45) is 0 Å². The molecule has 1 aliphatic heterocycles. The summed E-state index contributed by atoms with van der Waals surface area (Å²) in [6.45, 7) is 4.91. The van der Waals surface area contributed by atoms with E-state index in [-0.39, 0.29) is 0 Å². The Morgan fingerprint density at radius 3 is 3.00 bits per heavy atom. The molecule has 0 spiro atoms. The van der Waals surface area contributed by atoms with Crippen LogP contribution in [0.2, 0.25) is 0 Å². The van der Waals surface area contributed by atoms with Crippen molar-refractivity contribution in [1.29, 1.82) is 0 Å². The molecule has 21 heavy (non-hydrogen) atoms. The van der Waals surface area contributed by atoms with Gasteiger partial charge >= 0.3 is 0 Å². The Labute approximate surface area is 127 Å². The summed E-state index contributed by atoms with van der Waals surface area (Å²) < 4.78 is 5.40. The zero-order valence-corrected chi connectivity index (χ0v) is 12.8. The van der Waals surface area contributed by atoms with Crippen LogP contribution >= 0.6 is 0 Å². The molecule has 0 aliphatic carbocycles. The van der Waals surface area contributed by atoms with Gasteiger partial charge in [-0.15, -0.1) is 0 Å². The molecule has 5 nitrogen and oxygen atoms in total. The van der Waals surface area contributed by atoms with Gasteiger partial charge in [0.15, 0.2) is 0 Å². The van der Waals surface area contributed by atoms with Gasteiger partial charge in [-0.25, -0.2) is 0 Å². The van der Waals surface area contributed by atoms with Crippen molar-refractivity contribution in [2.75, 3.05) is 57.9 Å². The fraction of sp³-hybridized carbons (Fsp3) is 0.625. The monoisotopic (exact) mass is 293 g/mol. The lowest BCUT2D eigenvalue weighted by atomic mass is 10.1. The molecule has 0 amide bonds. The molecule has 1 unspecified atom stereocenters. The third-order valence-electron chi connectivity index (χ3n) is 3.75. The molecule has 3 N–H and O–H groups in total. The van der Waals surface area contributed by atoms with E-state index in [1.807, 2.05) is 6.07 Å².